The number of nitrogens with zero attached hydrogens (tertiary/aromatic N) is 4. The molecule has 1 unspecified atom stereocenters. The van der Waals surface area contributed by atoms with Gasteiger partial charge in [0.05, 0.1) is 11.9 Å². The fourth-order valence-electron chi connectivity index (χ4n) is 6.23. The lowest BCUT2D eigenvalue weighted by Gasteiger charge is -2.32. The molecule has 0 aliphatic carbocycles. The van der Waals surface area contributed by atoms with Crippen LogP contribution < -0.4 is 20.7 Å². The molecule has 2 saturated heterocycles. The number of carbonyl (C=O) groups excluding carboxylic acids is 2. The first-order valence-corrected chi connectivity index (χ1v) is 17.4. The molecular formula is C36H38F7N7O7. The number of benzene rings is 2. The zero-order chi connectivity index (χ0) is 41.9. The third-order valence-electron chi connectivity index (χ3n) is 9.07. The van der Waals surface area contributed by atoms with Crippen LogP contribution in [0.5, 0.6) is 5.75 Å². The highest BCUT2D eigenvalue weighted by molar-refractivity contribution is 5.96. The number of ether oxygens (including phenoxy) is 1. The van der Waals surface area contributed by atoms with E-state index in [-0.39, 0.29) is 35.5 Å². The maximum Gasteiger partial charge on any atom is 0.490 e. The predicted molar refractivity (Wildman–Crippen MR) is 189 cm³/mol. The molecule has 1 atom stereocenters. The summed E-state index contributed by atoms with van der Waals surface area (Å²) in [7, 11) is 0. The van der Waals surface area contributed by atoms with Crippen molar-refractivity contribution in [2.75, 3.05) is 38.0 Å². The van der Waals surface area contributed by atoms with Gasteiger partial charge in [-0.3, -0.25) is 18.8 Å². The van der Waals surface area contributed by atoms with Crippen molar-refractivity contribution in [3.05, 3.63) is 71.7 Å². The van der Waals surface area contributed by atoms with E-state index in [1.54, 1.807) is 17.0 Å². The van der Waals surface area contributed by atoms with Crippen LogP contribution in [-0.2, 0) is 20.8 Å². The summed E-state index contributed by atoms with van der Waals surface area (Å²) in [5.74, 6) is -5.85. The summed E-state index contributed by atoms with van der Waals surface area (Å²) in [5.41, 5.74) is 2.33. The summed E-state index contributed by atoms with van der Waals surface area (Å²) in [6.07, 6.45) is 2.11. The van der Waals surface area contributed by atoms with Crippen LogP contribution in [0.1, 0.15) is 42.1 Å². The summed E-state index contributed by atoms with van der Waals surface area (Å²) >= 11 is 0. The first-order valence-electron chi connectivity index (χ1n) is 17.4. The van der Waals surface area contributed by atoms with Gasteiger partial charge in [-0.05, 0) is 80.6 Å². The number of carboxylic acids is 1. The number of aromatic nitrogens is 3. The lowest BCUT2D eigenvalue weighted by molar-refractivity contribution is -0.192. The molecule has 2 aromatic carbocycles. The summed E-state index contributed by atoms with van der Waals surface area (Å²) in [6.45, 7) is 2.03. The normalized spacial score (nSPS) is 15.6. The predicted octanol–water partition coefficient (Wildman–Crippen LogP) is 5.49. The number of carbonyl (C=O) groups is 4. The van der Waals surface area contributed by atoms with E-state index in [4.69, 9.17) is 19.8 Å². The number of aliphatic carboxylic acids is 1. The van der Waals surface area contributed by atoms with Gasteiger partial charge in [0, 0.05) is 54.8 Å². The molecule has 2 aromatic heterocycles. The molecule has 21 heteroatoms. The van der Waals surface area contributed by atoms with Gasteiger partial charge in [-0.2, -0.15) is 26.3 Å². The maximum atomic E-state index is 14.9. The number of nitrogens with one attached hydrogen (secondary N) is 3. The van der Waals surface area contributed by atoms with Crippen molar-refractivity contribution in [1.82, 2.24) is 29.9 Å². The van der Waals surface area contributed by atoms with E-state index in [9.17, 15) is 40.3 Å². The minimum Gasteiger partial charge on any atom is -0.483 e. The number of fused-ring (bicyclic) bond motifs is 1. The molecule has 0 radical (unpaired) electrons. The molecule has 5 N–H and O–H groups in total. The first kappa shape index (κ1) is 43.7. The van der Waals surface area contributed by atoms with Crippen LogP contribution >= 0.6 is 0 Å². The Morgan fingerprint density at radius 3 is 2.35 bits per heavy atom. The standard InChI is InChI=1S/C33H35F4N7O3.C2HF3O2.CH2O2/c1-2-20-15-22(3-4-23(20)32(46)43-12-8-21(9-13-43)31(45)41-17-19-7-10-38-16-19)42-29-30-40-18-25(44(30)14-11-39-29)24-5-6-26(47-33(36)37)28(35)27(24)34;3-2(4,5)1(6)7;2-1-3/h3-6,11,14-15,18-19,21,33,38H,2,7-10,12-13,16-17H2,1H3,(H,39,42)(H,41,45);(H,6,7);1H,(H,2,3). The number of rotatable bonds is 10. The highest BCUT2D eigenvalue weighted by Gasteiger charge is 2.38. The Kier molecular flexibility index (Phi) is 15.1. The van der Waals surface area contributed by atoms with Gasteiger partial charge >= 0.3 is 18.8 Å². The number of aryl methyl sites for hydroxylation is 1. The van der Waals surface area contributed by atoms with Crippen molar-refractivity contribution in [3.8, 4) is 17.0 Å². The molecule has 0 bridgehead atoms. The lowest BCUT2D eigenvalue weighted by Crippen LogP contribution is -2.44. The quantitative estimate of drug-likeness (QED) is 0.101. The van der Waals surface area contributed by atoms with Crippen LogP contribution in [-0.4, -0.2) is 99.2 Å². The minimum atomic E-state index is -5.08. The van der Waals surface area contributed by atoms with Crippen molar-refractivity contribution in [2.24, 2.45) is 11.8 Å². The largest absolute Gasteiger partial charge is 0.490 e. The molecule has 14 nitrogen and oxygen atoms in total. The molecule has 2 aliphatic heterocycles. The number of likely N-dealkylation sites (tertiary alicyclic amines) is 1. The molecular weight excluding hydrogens is 775 g/mol. The third kappa shape index (κ3) is 11.3. The topological polar surface area (TPSA) is 187 Å². The van der Waals surface area contributed by atoms with Crippen molar-refractivity contribution < 1.29 is 64.9 Å². The van der Waals surface area contributed by atoms with Gasteiger partial charge in [0.1, 0.15) is 0 Å². The number of hydrogen-bond donors (Lipinski definition) is 5. The molecule has 4 heterocycles. The van der Waals surface area contributed by atoms with E-state index in [0.717, 1.165) is 37.2 Å². The number of hydrogen-bond acceptors (Lipinski definition) is 9. The lowest BCUT2D eigenvalue weighted by atomic mass is 9.94. The first-order chi connectivity index (χ1) is 27.1. The smallest absolute Gasteiger partial charge is 0.483 e. The Morgan fingerprint density at radius 1 is 1.07 bits per heavy atom. The Hall–Kier alpha value is -5.99. The Morgan fingerprint density at radius 2 is 1.75 bits per heavy atom. The van der Waals surface area contributed by atoms with Gasteiger partial charge in [-0.15, -0.1) is 0 Å². The van der Waals surface area contributed by atoms with Gasteiger partial charge in [-0.1, -0.05) is 6.92 Å². The fraction of sp³-hybridized carbons (Fsp3) is 0.389. The average Bonchev–Trinajstić information content (AvgIpc) is 3.87. The van der Waals surface area contributed by atoms with E-state index in [0.29, 0.717) is 67.5 Å². The van der Waals surface area contributed by atoms with Gasteiger partial charge in [-0.25, -0.2) is 19.2 Å². The highest BCUT2D eigenvalue weighted by atomic mass is 19.4. The number of piperidine rings is 1. The van der Waals surface area contributed by atoms with E-state index in [1.165, 1.54) is 23.0 Å². The SMILES string of the molecule is CCc1cc(Nc2nccn3c(-c4ccc(OC(F)F)c(F)c4F)cnc23)ccc1C(=O)N1CCC(C(=O)NCC2CCNC2)CC1.O=C(O)C(F)(F)F.O=CO. The van der Waals surface area contributed by atoms with E-state index in [2.05, 4.69) is 30.7 Å². The fourth-order valence-corrected chi connectivity index (χ4v) is 6.23. The Balaban J connectivity index is 0.000000643. The second-order valence-electron chi connectivity index (χ2n) is 12.7. The van der Waals surface area contributed by atoms with Crippen LogP contribution in [0, 0.1) is 23.5 Å². The van der Waals surface area contributed by atoms with E-state index in [1.807, 2.05) is 13.0 Å². The maximum absolute atomic E-state index is 14.9. The molecule has 4 aromatic rings. The summed E-state index contributed by atoms with van der Waals surface area (Å²) < 4.78 is 91.7. The minimum absolute atomic E-state index is 0.0663. The zero-order valence-corrected chi connectivity index (χ0v) is 30.2. The van der Waals surface area contributed by atoms with Crippen LogP contribution in [0.2, 0.25) is 0 Å². The zero-order valence-electron chi connectivity index (χ0n) is 30.2. The second kappa shape index (κ2) is 19.7. The van der Waals surface area contributed by atoms with Crippen molar-refractivity contribution in [3.63, 3.8) is 0 Å². The third-order valence-corrected chi connectivity index (χ3v) is 9.07. The van der Waals surface area contributed by atoms with Gasteiger partial charge in [0.15, 0.2) is 23.0 Å². The van der Waals surface area contributed by atoms with Crippen molar-refractivity contribution in [2.45, 2.75) is 45.4 Å². The van der Waals surface area contributed by atoms with E-state index >= 15 is 0 Å². The van der Waals surface area contributed by atoms with Crippen molar-refractivity contribution in [1.29, 1.82) is 0 Å². The van der Waals surface area contributed by atoms with Crippen molar-refractivity contribution >= 4 is 41.4 Å². The number of anilines is 2. The van der Waals surface area contributed by atoms with Crippen LogP contribution in [0.25, 0.3) is 16.9 Å². The Labute approximate surface area is 320 Å². The highest BCUT2D eigenvalue weighted by Crippen LogP contribution is 2.33. The van der Waals surface area contributed by atoms with Gasteiger partial charge < -0.3 is 35.8 Å². The van der Waals surface area contributed by atoms with E-state index < -0.39 is 36.1 Å². The molecule has 0 saturated carbocycles. The molecule has 308 valence electrons. The number of amides is 2. The monoisotopic (exact) mass is 813 g/mol. The second-order valence-corrected chi connectivity index (χ2v) is 12.7. The number of imidazole rings is 1. The molecule has 2 amide bonds. The molecule has 2 fully saturated rings. The number of alkyl halides is 5. The molecule has 0 spiro atoms. The number of halogens is 7. The summed E-state index contributed by atoms with van der Waals surface area (Å²) in [4.78, 5) is 54.0. The van der Waals surface area contributed by atoms with Crippen LogP contribution in [0.15, 0.2) is 48.9 Å². The number of carboxylic acid groups (broad SMARTS) is 2. The Bertz CT molecular complexity index is 2030. The molecule has 6 rings (SSSR count). The van der Waals surface area contributed by atoms with Gasteiger partial charge in [0.25, 0.3) is 12.4 Å². The molecule has 2 aliphatic rings. The van der Waals surface area contributed by atoms with Crippen LogP contribution in [0.3, 0.4) is 0 Å². The van der Waals surface area contributed by atoms with Gasteiger partial charge in [0.2, 0.25) is 11.7 Å². The van der Waals surface area contributed by atoms with Crippen LogP contribution in [0.4, 0.5) is 42.2 Å². The summed E-state index contributed by atoms with van der Waals surface area (Å²) in [5, 5.41) is 23.6. The molecule has 57 heavy (non-hydrogen) atoms. The summed E-state index contributed by atoms with van der Waals surface area (Å²) in [6, 6.07) is 7.45. The average molecular weight is 814 g/mol.